The summed E-state index contributed by atoms with van der Waals surface area (Å²) in [5, 5.41) is 0. The topological polar surface area (TPSA) is 63.2 Å². The summed E-state index contributed by atoms with van der Waals surface area (Å²) in [6.45, 7) is 1.43. The molecule has 1 fully saturated rings. The normalized spacial score (nSPS) is 20.6. The van der Waals surface area contributed by atoms with E-state index in [1.54, 1.807) is 0 Å². The lowest BCUT2D eigenvalue weighted by molar-refractivity contribution is -0.239. The SMILES string of the molecule is O=C1OC(COCc2ccccc2)[C@@H](OCc2ccccc2)[C@@H](OCc2ccccc2)C1OCc1ccccc1. The predicted octanol–water partition coefficient (Wildman–Crippen LogP) is 5.88. The van der Waals surface area contributed by atoms with Gasteiger partial charge >= 0.3 is 5.97 Å². The highest BCUT2D eigenvalue weighted by Crippen LogP contribution is 2.28. The van der Waals surface area contributed by atoms with E-state index in [9.17, 15) is 4.79 Å². The zero-order valence-corrected chi connectivity index (χ0v) is 22.3. The molecule has 4 aromatic rings. The molecule has 1 aliphatic rings. The average molecular weight is 539 g/mol. The molecule has 0 N–H and O–H groups in total. The molecule has 0 bridgehead atoms. The zero-order chi connectivity index (χ0) is 27.4. The number of ether oxygens (including phenoxy) is 5. The van der Waals surface area contributed by atoms with E-state index in [0.717, 1.165) is 22.3 Å². The first kappa shape index (κ1) is 27.7. The third-order valence-corrected chi connectivity index (χ3v) is 6.73. The fourth-order valence-corrected chi connectivity index (χ4v) is 4.64. The van der Waals surface area contributed by atoms with Gasteiger partial charge in [-0.1, -0.05) is 121 Å². The van der Waals surface area contributed by atoms with Crippen molar-refractivity contribution < 1.29 is 28.5 Å². The van der Waals surface area contributed by atoms with Crippen LogP contribution in [-0.2, 0) is 54.9 Å². The van der Waals surface area contributed by atoms with Crippen LogP contribution in [0.25, 0.3) is 0 Å². The molecule has 0 aliphatic carbocycles. The first-order valence-corrected chi connectivity index (χ1v) is 13.5. The minimum Gasteiger partial charge on any atom is -0.455 e. The molecular formula is C34H34O6. The Balaban J connectivity index is 1.36. The third kappa shape index (κ3) is 7.87. The van der Waals surface area contributed by atoms with Crippen molar-refractivity contribution in [3.63, 3.8) is 0 Å². The van der Waals surface area contributed by atoms with E-state index < -0.39 is 30.4 Å². The highest BCUT2D eigenvalue weighted by molar-refractivity contribution is 5.77. The molecule has 0 radical (unpaired) electrons. The van der Waals surface area contributed by atoms with Gasteiger partial charge < -0.3 is 23.7 Å². The van der Waals surface area contributed by atoms with E-state index in [2.05, 4.69) is 0 Å². The Morgan fingerprint density at radius 1 is 0.500 bits per heavy atom. The fourth-order valence-electron chi connectivity index (χ4n) is 4.64. The van der Waals surface area contributed by atoms with Gasteiger partial charge in [0, 0.05) is 0 Å². The molecule has 0 aromatic heterocycles. The first-order valence-electron chi connectivity index (χ1n) is 13.5. The first-order chi connectivity index (χ1) is 19.8. The van der Waals surface area contributed by atoms with Crippen LogP contribution in [0, 0.1) is 0 Å². The monoisotopic (exact) mass is 538 g/mol. The Kier molecular flexibility index (Phi) is 10.1. The molecule has 6 nitrogen and oxygen atoms in total. The molecule has 1 heterocycles. The van der Waals surface area contributed by atoms with Crippen LogP contribution in [0.1, 0.15) is 22.3 Å². The van der Waals surface area contributed by atoms with Gasteiger partial charge in [0.15, 0.2) is 12.2 Å². The molecular weight excluding hydrogens is 504 g/mol. The van der Waals surface area contributed by atoms with E-state index in [4.69, 9.17) is 23.7 Å². The lowest BCUT2D eigenvalue weighted by atomic mass is 9.98. The molecule has 5 rings (SSSR count). The minimum absolute atomic E-state index is 0.163. The maximum atomic E-state index is 13.4. The molecule has 0 spiro atoms. The van der Waals surface area contributed by atoms with Crippen LogP contribution in [0.4, 0.5) is 0 Å². The Labute approximate surface area is 235 Å². The zero-order valence-electron chi connectivity index (χ0n) is 22.3. The highest BCUT2D eigenvalue weighted by Gasteiger charge is 2.48. The minimum atomic E-state index is -0.963. The molecule has 4 atom stereocenters. The average Bonchev–Trinajstić information content (AvgIpc) is 3.01. The van der Waals surface area contributed by atoms with Crippen LogP contribution < -0.4 is 0 Å². The van der Waals surface area contributed by atoms with Crippen molar-refractivity contribution in [2.45, 2.75) is 50.8 Å². The van der Waals surface area contributed by atoms with Crippen LogP contribution in [0.2, 0.25) is 0 Å². The molecule has 1 saturated heterocycles. The summed E-state index contributed by atoms with van der Waals surface area (Å²) in [6.07, 6.45) is -2.95. The number of hydrogen-bond acceptors (Lipinski definition) is 6. The number of esters is 1. The van der Waals surface area contributed by atoms with E-state index in [0.29, 0.717) is 19.8 Å². The van der Waals surface area contributed by atoms with Crippen LogP contribution in [0.5, 0.6) is 0 Å². The van der Waals surface area contributed by atoms with Gasteiger partial charge in [0.05, 0.1) is 33.0 Å². The molecule has 40 heavy (non-hydrogen) atoms. The number of cyclic esters (lactones) is 1. The van der Waals surface area contributed by atoms with E-state index in [1.807, 2.05) is 121 Å². The number of carbonyl (C=O) groups excluding carboxylic acids is 1. The molecule has 0 amide bonds. The molecule has 2 unspecified atom stereocenters. The lowest BCUT2D eigenvalue weighted by Crippen LogP contribution is -2.59. The predicted molar refractivity (Wildman–Crippen MR) is 151 cm³/mol. The second-order valence-corrected chi connectivity index (χ2v) is 9.72. The molecule has 0 saturated carbocycles. The van der Waals surface area contributed by atoms with E-state index >= 15 is 0 Å². The summed E-state index contributed by atoms with van der Waals surface area (Å²) in [7, 11) is 0. The largest absolute Gasteiger partial charge is 0.455 e. The van der Waals surface area contributed by atoms with Gasteiger partial charge in [-0.05, 0) is 22.3 Å². The lowest BCUT2D eigenvalue weighted by Gasteiger charge is -2.41. The Morgan fingerprint density at radius 2 is 0.900 bits per heavy atom. The Hall–Kier alpha value is -3.81. The Bertz CT molecular complexity index is 1280. The van der Waals surface area contributed by atoms with Gasteiger partial charge in [0.25, 0.3) is 0 Å². The third-order valence-electron chi connectivity index (χ3n) is 6.73. The quantitative estimate of drug-likeness (QED) is 0.198. The standard InChI is InChI=1S/C34H34O6/c35-34-33(39-24-29-19-11-4-12-20-29)32(38-23-28-17-9-3-10-18-28)31(37-22-27-15-7-2-8-16-27)30(40-34)25-36-21-26-13-5-1-6-14-26/h1-20,30-33H,21-25H2/t30?,31-,32-,33?/m1/s1. The van der Waals surface area contributed by atoms with Gasteiger partial charge in [-0.2, -0.15) is 0 Å². The smallest absolute Gasteiger partial charge is 0.338 e. The van der Waals surface area contributed by atoms with Crippen LogP contribution in [0.15, 0.2) is 121 Å². The maximum absolute atomic E-state index is 13.4. The molecule has 6 heteroatoms. The van der Waals surface area contributed by atoms with Crippen molar-refractivity contribution in [1.29, 1.82) is 0 Å². The maximum Gasteiger partial charge on any atom is 0.338 e. The van der Waals surface area contributed by atoms with Gasteiger partial charge in [0.2, 0.25) is 0 Å². The van der Waals surface area contributed by atoms with Crippen molar-refractivity contribution in [3.05, 3.63) is 144 Å². The number of benzene rings is 4. The van der Waals surface area contributed by atoms with Crippen LogP contribution >= 0.6 is 0 Å². The summed E-state index contributed by atoms with van der Waals surface area (Å²) in [5.41, 5.74) is 3.98. The molecule has 4 aromatic carbocycles. The van der Waals surface area contributed by atoms with E-state index in [1.165, 1.54) is 0 Å². The summed E-state index contributed by atoms with van der Waals surface area (Å²) >= 11 is 0. The summed E-state index contributed by atoms with van der Waals surface area (Å²) in [6, 6.07) is 39.4. The van der Waals surface area contributed by atoms with Crippen molar-refractivity contribution in [2.24, 2.45) is 0 Å². The van der Waals surface area contributed by atoms with Crippen molar-refractivity contribution >= 4 is 5.97 Å². The van der Waals surface area contributed by atoms with Crippen molar-refractivity contribution in [2.75, 3.05) is 6.61 Å². The van der Waals surface area contributed by atoms with Crippen LogP contribution in [0.3, 0.4) is 0 Å². The Morgan fingerprint density at radius 3 is 1.38 bits per heavy atom. The molecule has 206 valence electrons. The van der Waals surface area contributed by atoms with Gasteiger partial charge in [-0.3, -0.25) is 0 Å². The summed E-state index contributed by atoms with van der Waals surface area (Å²) in [4.78, 5) is 13.4. The summed E-state index contributed by atoms with van der Waals surface area (Å²) < 4.78 is 31.0. The van der Waals surface area contributed by atoms with Crippen molar-refractivity contribution in [3.8, 4) is 0 Å². The summed E-state index contributed by atoms with van der Waals surface area (Å²) in [5.74, 6) is -0.484. The number of carbonyl (C=O) groups is 1. The van der Waals surface area contributed by atoms with E-state index in [-0.39, 0.29) is 13.2 Å². The van der Waals surface area contributed by atoms with Gasteiger partial charge in [-0.15, -0.1) is 0 Å². The van der Waals surface area contributed by atoms with Gasteiger partial charge in [0.1, 0.15) is 12.2 Å². The van der Waals surface area contributed by atoms with Crippen molar-refractivity contribution in [1.82, 2.24) is 0 Å². The van der Waals surface area contributed by atoms with Crippen LogP contribution in [-0.4, -0.2) is 37.0 Å². The molecule has 1 aliphatic heterocycles. The highest BCUT2D eigenvalue weighted by atomic mass is 16.6. The number of rotatable bonds is 13. The fraction of sp³-hybridized carbons (Fsp3) is 0.265. The second-order valence-electron chi connectivity index (χ2n) is 9.72. The second kappa shape index (κ2) is 14.5. The van der Waals surface area contributed by atoms with Gasteiger partial charge in [-0.25, -0.2) is 4.79 Å². The number of hydrogen-bond donors (Lipinski definition) is 0.